The molecule has 0 aliphatic heterocycles. The molecule has 0 aromatic heterocycles. The van der Waals surface area contributed by atoms with Gasteiger partial charge in [0.25, 0.3) is 0 Å². The van der Waals surface area contributed by atoms with E-state index in [2.05, 4.69) is 6.92 Å². The molecule has 1 aromatic carbocycles. The zero-order valence-electron chi connectivity index (χ0n) is 10.2. The molecule has 0 bridgehead atoms. The number of carbonyl (C=O) groups is 1. The minimum absolute atomic E-state index is 0.0275. The van der Waals surface area contributed by atoms with Crippen LogP contribution in [0.15, 0.2) is 30.3 Å². The first-order valence-corrected chi connectivity index (χ1v) is 6.16. The summed E-state index contributed by atoms with van der Waals surface area (Å²) in [5.74, 6) is 0.889. The molecule has 2 rings (SSSR count). The van der Waals surface area contributed by atoms with E-state index in [1.54, 1.807) is 4.90 Å². The maximum atomic E-state index is 12.1. The van der Waals surface area contributed by atoms with Crippen LogP contribution >= 0.6 is 0 Å². The van der Waals surface area contributed by atoms with Crippen LogP contribution in [0.2, 0.25) is 0 Å². The Kier molecular flexibility index (Phi) is 3.79. The molecule has 17 heavy (non-hydrogen) atoms. The van der Waals surface area contributed by atoms with Gasteiger partial charge in [-0.1, -0.05) is 37.3 Å². The number of hydrogen-bond acceptors (Lipinski definition) is 2. The molecule has 0 radical (unpaired) electrons. The second-order valence-corrected chi connectivity index (χ2v) is 4.79. The summed E-state index contributed by atoms with van der Waals surface area (Å²) in [5, 5.41) is 9.04. The molecule has 92 valence electrons. The van der Waals surface area contributed by atoms with E-state index < -0.39 is 0 Å². The third-order valence-corrected chi connectivity index (χ3v) is 3.32. The van der Waals surface area contributed by atoms with Crippen LogP contribution in [0, 0.1) is 11.8 Å². The van der Waals surface area contributed by atoms with Crippen LogP contribution in [-0.4, -0.2) is 29.1 Å². The van der Waals surface area contributed by atoms with E-state index in [0.29, 0.717) is 19.0 Å². The number of amides is 1. The third kappa shape index (κ3) is 3.07. The van der Waals surface area contributed by atoms with Gasteiger partial charge in [0, 0.05) is 19.0 Å². The summed E-state index contributed by atoms with van der Waals surface area (Å²) in [4.78, 5) is 13.9. The SMILES string of the molecule is C[C@@H]1C[C@@H]1C(=O)N(CCO)Cc1ccccc1. The van der Waals surface area contributed by atoms with Gasteiger partial charge in [-0.05, 0) is 17.9 Å². The fourth-order valence-corrected chi connectivity index (χ4v) is 2.09. The van der Waals surface area contributed by atoms with Gasteiger partial charge >= 0.3 is 0 Å². The Labute approximate surface area is 102 Å². The van der Waals surface area contributed by atoms with E-state index in [1.165, 1.54) is 0 Å². The highest BCUT2D eigenvalue weighted by Crippen LogP contribution is 2.39. The van der Waals surface area contributed by atoms with Gasteiger partial charge in [0.15, 0.2) is 0 Å². The molecule has 0 saturated heterocycles. The molecule has 2 atom stereocenters. The third-order valence-electron chi connectivity index (χ3n) is 3.32. The van der Waals surface area contributed by atoms with Crippen LogP contribution in [0.4, 0.5) is 0 Å². The van der Waals surface area contributed by atoms with Crippen molar-refractivity contribution in [1.29, 1.82) is 0 Å². The Bertz CT molecular complexity index is 377. The van der Waals surface area contributed by atoms with Gasteiger partial charge in [0.05, 0.1) is 6.61 Å². The van der Waals surface area contributed by atoms with Crippen molar-refractivity contribution < 1.29 is 9.90 Å². The molecule has 0 spiro atoms. The highest BCUT2D eigenvalue weighted by Gasteiger charge is 2.41. The lowest BCUT2D eigenvalue weighted by Gasteiger charge is -2.22. The average Bonchev–Trinajstić information content (AvgIpc) is 3.06. The van der Waals surface area contributed by atoms with Crippen LogP contribution < -0.4 is 0 Å². The molecule has 1 aliphatic rings. The first kappa shape index (κ1) is 12.1. The van der Waals surface area contributed by atoms with Gasteiger partial charge in [-0.2, -0.15) is 0 Å². The van der Waals surface area contributed by atoms with Crippen LogP contribution in [0.3, 0.4) is 0 Å². The zero-order chi connectivity index (χ0) is 12.3. The van der Waals surface area contributed by atoms with Crippen molar-refractivity contribution >= 4 is 5.91 Å². The van der Waals surface area contributed by atoms with Gasteiger partial charge in [-0.3, -0.25) is 4.79 Å². The Morgan fingerprint density at radius 3 is 2.59 bits per heavy atom. The Morgan fingerprint density at radius 2 is 2.06 bits per heavy atom. The maximum absolute atomic E-state index is 12.1. The summed E-state index contributed by atoms with van der Waals surface area (Å²) in [5.41, 5.74) is 1.11. The number of carbonyl (C=O) groups excluding carboxylic acids is 1. The normalized spacial score (nSPS) is 22.2. The molecule has 1 aliphatic carbocycles. The molecular weight excluding hydrogens is 214 g/mol. The topological polar surface area (TPSA) is 40.5 Å². The molecule has 1 amide bonds. The van der Waals surface area contributed by atoms with E-state index in [4.69, 9.17) is 5.11 Å². The van der Waals surface area contributed by atoms with Gasteiger partial charge in [-0.25, -0.2) is 0 Å². The van der Waals surface area contributed by atoms with E-state index >= 15 is 0 Å². The van der Waals surface area contributed by atoms with Gasteiger partial charge in [0.2, 0.25) is 5.91 Å². The number of aliphatic hydroxyl groups excluding tert-OH is 1. The second kappa shape index (κ2) is 5.32. The number of aliphatic hydroxyl groups is 1. The summed E-state index contributed by atoms with van der Waals surface area (Å²) >= 11 is 0. The summed E-state index contributed by atoms with van der Waals surface area (Å²) in [6.07, 6.45) is 0.996. The van der Waals surface area contributed by atoms with Crippen LogP contribution in [0.5, 0.6) is 0 Å². The molecular formula is C14H19NO2. The highest BCUT2D eigenvalue weighted by atomic mass is 16.3. The molecule has 1 aromatic rings. The first-order chi connectivity index (χ1) is 8.22. The molecule has 0 unspecified atom stereocenters. The number of hydrogen-bond donors (Lipinski definition) is 1. The predicted molar refractivity (Wildman–Crippen MR) is 66.2 cm³/mol. The van der Waals surface area contributed by atoms with Gasteiger partial charge < -0.3 is 10.0 Å². The zero-order valence-corrected chi connectivity index (χ0v) is 10.2. The lowest BCUT2D eigenvalue weighted by atomic mass is 10.2. The molecule has 1 N–H and O–H groups in total. The van der Waals surface area contributed by atoms with Crippen LogP contribution in [0.1, 0.15) is 18.9 Å². The lowest BCUT2D eigenvalue weighted by Crippen LogP contribution is -2.34. The minimum atomic E-state index is 0.0275. The number of benzene rings is 1. The molecule has 1 saturated carbocycles. The van der Waals surface area contributed by atoms with E-state index in [-0.39, 0.29) is 18.4 Å². The van der Waals surface area contributed by atoms with Crippen LogP contribution in [-0.2, 0) is 11.3 Å². The smallest absolute Gasteiger partial charge is 0.226 e. The van der Waals surface area contributed by atoms with Gasteiger partial charge in [-0.15, -0.1) is 0 Å². The summed E-state index contributed by atoms with van der Waals surface area (Å²) < 4.78 is 0. The van der Waals surface area contributed by atoms with E-state index in [9.17, 15) is 4.79 Å². The van der Waals surface area contributed by atoms with Crippen molar-refractivity contribution in [3.05, 3.63) is 35.9 Å². The lowest BCUT2D eigenvalue weighted by molar-refractivity contribution is -0.134. The summed E-state index contributed by atoms with van der Waals surface area (Å²) in [6.45, 7) is 3.16. The van der Waals surface area contributed by atoms with E-state index in [1.807, 2.05) is 30.3 Å². The fraction of sp³-hybridized carbons (Fsp3) is 0.500. The van der Waals surface area contributed by atoms with Gasteiger partial charge in [0.1, 0.15) is 0 Å². The van der Waals surface area contributed by atoms with Crippen LogP contribution in [0.25, 0.3) is 0 Å². The molecule has 0 heterocycles. The standard InChI is InChI=1S/C14H19NO2/c1-11-9-13(11)14(17)15(7-8-16)10-12-5-3-2-4-6-12/h2-6,11,13,16H,7-10H2,1H3/t11-,13+/m1/s1. The van der Waals surface area contributed by atoms with Crippen molar-refractivity contribution in [3.8, 4) is 0 Å². The Hall–Kier alpha value is -1.35. The predicted octanol–water partition coefficient (Wildman–Crippen LogP) is 1.66. The highest BCUT2D eigenvalue weighted by molar-refractivity contribution is 5.81. The Balaban J connectivity index is 1.99. The van der Waals surface area contributed by atoms with Crippen molar-refractivity contribution in [2.45, 2.75) is 19.9 Å². The summed E-state index contributed by atoms with van der Waals surface area (Å²) in [6, 6.07) is 9.92. The van der Waals surface area contributed by atoms with Crippen molar-refractivity contribution in [1.82, 2.24) is 4.90 Å². The quantitative estimate of drug-likeness (QED) is 0.840. The number of rotatable bonds is 5. The van der Waals surface area contributed by atoms with Crippen molar-refractivity contribution in [2.24, 2.45) is 11.8 Å². The first-order valence-electron chi connectivity index (χ1n) is 6.16. The maximum Gasteiger partial charge on any atom is 0.226 e. The summed E-state index contributed by atoms with van der Waals surface area (Å²) in [7, 11) is 0. The molecule has 3 nitrogen and oxygen atoms in total. The number of nitrogens with zero attached hydrogens (tertiary/aromatic N) is 1. The second-order valence-electron chi connectivity index (χ2n) is 4.79. The molecule has 3 heteroatoms. The average molecular weight is 233 g/mol. The van der Waals surface area contributed by atoms with E-state index in [0.717, 1.165) is 12.0 Å². The molecule has 1 fully saturated rings. The fourth-order valence-electron chi connectivity index (χ4n) is 2.09. The van der Waals surface area contributed by atoms with Crippen molar-refractivity contribution in [3.63, 3.8) is 0 Å². The minimum Gasteiger partial charge on any atom is -0.395 e. The van der Waals surface area contributed by atoms with Crippen molar-refractivity contribution in [2.75, 3.05) is 13.2 Å². The monoisotopic (exact) mass is 233 g/mol. The Morgan fingerprint density at radius 1 is 1.41 bits per heavy atom. The largest absolute Gasteiger partial charge is 0.395 e.